The van der Waals surface area contributed by atoms with Crippen molar-refractivity contribution in [3.63, 3.8) is 0 Å². The van der Waals surface area contributed by atoms with Crippen molar-refractivity contribution in [1.29, 1.82) is 0 Å². The molecule has 8 heteroatoms. The van der Waals surface area contributed by atoms with Gasteiger partial charge in [0.1, 0.15) is 11.9 Å². The average molecular weight is 392 g/mol. The van der Waals surface area contributed by atoms with Gasteiger partial charge in [-0.2, -0.15) is 5.10 Å². The second-order valence-corrected chi connectivity index (χ2v) is 6.78. The third-order valence-corrected chi connectivity index (χ3v) is 4.68. The van der Waals surface area contributed by atoms with E-state index in [1.54, 1.807) is 11.7 Å². The molecule has 1 atom stereocenters. The summed E-state index contributed by atoms with van der Waals surface area (Å²) < 4.78 is 13.4. The molecule has 1 aromatic heterocycles. The molecule has 0 radical (unpaired) electrons. The van der Waals surface area contributed by atoms with Crippen LogP contribution in [0.3, 0.4) is 0 Å². The van der Waals surface area contributed by atoms with E-state index in [4.69, 9.17) is 21.1 Å². The van der Waals surface area contributed by atoms with Gasteiger partial charge in [0.2, 0.25) is 0 Å². The molecule has 1 unspecified atom stereocenters. The quantitative estimate of drug-likeness (QED) is 0.627. The molecule has 1 aliphatic heterocycles. The minimum Gasteiger partial charge on any atom is -0.493 e. The Morgan fingerprint density at radius 3 is 3.04 bits per heavy atom. The van der Waals surface area contributed by atoms with Crippen molar-refractivity contribution in [2.45, 2.75) is 19.6 Å². The van der Waals surface area contributed by atoms with E-state index in [0.717, 1.165) is 35.9 Å². The van der Waals surface area contributed by atoms with Gasteiger partial charge in [0, 0.05) is 49.5 Å². The van der Waals surface area contributed by atoms with Gasteiger partial charge in [0.05, 0.1) is 26.0 Å². The highest BCUT2D eigenvalue weighted by Crippen LogP contribution is 2.24. The van der Waals surface area contributed by atoms with Crippen LogP contribution in [0.15, 0.2) is 35.6 Å². The third kappa shape index (κ3) is 4.93. The van der Waals surface area contributed by atoms with Gasteiger partial charge in [-0.05, 0) is 19.1 Å². The van der Waals surface area contributed by atoms with Crippen LogP contribution in [0.2, 0.25) is 5.02 Å². The lowest BCUT2D eigenvalue weighted by atomic mass is 10.1. The monoisotopic (exact) mass is 391 g/mol. The number of aryl methyl sites for hydroxylation is 1. The maximum Gasteiger partial charge on any atom is 0.194 e. The highest BCUT2D eigenvalue weighted by Gasteiger charge is 2.25. The number of nitrogens with one attached hydrogen (secondary N) is 1. The van der Waals surface area contributed by atoms with E-state index in [1.807, 2.05) is 44.6 Å². The number of benzene rings is 1. The fraction of sp³-hybridized carbons (Fsp3) is 0.474. The van der Waals surface area contributed by atoms with Crippen LogP contribution >= 0.6 is 11.6 Å². The highest BCUT2D eigenvalue weighted by molar-refractivity contribution is 6.30. The summed E-state index contributed by atoms with van der Waals surface area (Å²) in [4.78, 5) is 6.65. The summed E-state index contributed by atoms with van der Waals surface area (Å²) in [6.07, 6.45) is 3.83. The molecule has 2 heterocycles. The molecule has 27 heavy (non-hydrogen) atoms. The summed E-state index contributed by atoms with van der Waals surface area (Å²) in [5.74, 6) is 1.63. The highest BCUT2D eigenvalue weighted by atomic mass is 35.5. The lowest BCUT2D eigenvalue weighted by Gasteiger charge is -2.34. The van der Waals surface area contributed by atoms with Gasteiger partial charge in [-0.15, -0.1) is 0 Å². The van der Waals surface area contributed by atoms with Crippen LogP contribution in [-0.2, 0) is 18.3 Å². The van der Waals surface area contributed by atoms with Crippen LogP contribution in [-0.4, -0.2) is 54.0 Å². The van der Waals surface area contributed by atoms with Crippen molar-refractivity contribution in [3.8, 4) is 5.75 Å². The topological polar surface area (TPSA) is 63.9 Å². The van der Waals surface area contributed by atoms with Gasteiger partial charge in [-0.25, -0.2) is 0 Å². The molecule has 2 aromatic rings. The van der Waals surface area contributed by atoms with Crippen LogP contribution < -0.4 is 10.1 Å². The molecule has 1 saturated heterocycles. The largest absolute Gasteiger partial charge is 0.493 e. The molecule has 0 bridgehead atoms. The minimum absolute atomic E-state index is 0.0134. The minimum atomic E-state index is -0.0134. The van der Waals surface area contributed by atoms with Gasteiger partial charge in [-0.1, -0.05) is 17.7 Å². The number of rotatable bonds is 5. The second-order valence-electron chi connectivity index (χ2n) is 6.34. The molecule has 7 nitrogen and oxygen atoms in total. The number of ether oxygens (including phenoxy) is 2. The van der Waals surface area contributed by atoms with E-state index in [1.165, 1.54) is 0 Å². The van der Waals surface area contributed by atoms with E-state index in [2.05, 4.69) is 20.3 Å². The normalized spacial score (nSPS) is 17.9. The first kappa shape index (κ1) is 19.5. The summed E-state index contributed by atoms with van der Waals surface area (Å²) in [5.41, 5.74) is 2.12. The molecule has 0 aliphatic carbocycles. The lowest BCUT2D eigenvalue weighted by Crippen LogP contribution is -2.47. The Morgan fingerprint density at radius 2 is 2.33 bits per heavy atom. The summed E-state index contributed by atoms with van der Waals surface area (Å²) in [6.45, 7) is 5.32. The first-order valence-corrected chi connectivity index (χ1v) is 9.45. The number of hydrogen-bond acceptors (Lipinski definition) is 4. The first-order valence-electron chi connectivity index (χ1n) is 9.07. The standard InChI is InChI=1S/C19H26ClN5O2/c1-4-26-17-9-16(20)6-5-14(17)10-22-19(21-2)25-7-8-27-18(13-25)15-11-23-24(3)12-15/h5-6,9,11-12,18H,4,7-8,10,13H2,1-3H3,(H,21,22). The third-order valence-electron chi connectivity index (χ3n) is 4.44. The molecule has 1 aliphatic rings. The van der Waals surface area contributed by atoms with Gasteiger partial charge in [0.15, 0.2) is 5.96 Å². The van der Waals surface area contributed by atoms with Crippen molar-refractivity contribution < 1.29 is 9.47 Å². The van der Waals surface area contributed by atoms with Gasteiger partial charge in [-0.3, -0.25) is 9.67 Å². The molecule has 3 rings (SSSR count). The summed E-state index contributed by atoms with van der Waals surface area (Å²) >= 11 is 6.09. The maximum absolute atomic E-state index is 6.09. The van der Waals surface area contributed by atoms with Gasteiger partial charge >= 0.3 is 0 Å². The number of nitrogens with zero attached hydrogens (tertiary/aromatic N) is 4. The zero-order chi connectivity index (χ0) is 19.2. The van der Waals surface area contributed by atoms with E-state index in [-0.39, 0.29) is 6.10 Å². The number of guanidine groups is 1. The predicted octanol–water partition coefficient (Wildman–Crippen LogP) is 2.62. The molecule has 1 aromatic carbocycles. The Labute approximate surface area is 164 Å². The number of halogens is 1. The van der Waals surface area contributed by atoms with Crippen LogP contribution in [0.1, 0.15) is 24.2 Å². The number of aromatic nitrogens is 2. The average Bonchev–Trinajstić information content (AvgIpc) is 3.11. The molecule has 1 N–H and O–H groups in total. The fourth-order valence-electron chi connectivity index (χ4n) is 3.12. The zero-order valence-corrected chi connectivity index (χ0v) is 16.7. The Morgan fingerprint density at radius 1 is 1.48 bits per heavy atom. The first-order chi connectivity index (χ1) is 13.1. The van der Waals surface area contributed by atoms with Crippen molar-refractivity contribution in [1.82, 2.24) is 20.0 Å². The van der Waals surface area contributed by atoms with E-state index >= 15 is 0 Å². The van der Waals surface area contributed by atoms with Gasteiger partial charge in [0.25, 0.3) is 0 Å². The molecule has 0 spiro atoms. The van der Waals surface area contributed by atoms with Crippen LogP contribution in [0, 0.1) is 0 Å². The van der Waals surface area contributed by atoms with E-state index < -0.39 is 0 Å². The number of aliphatic imine (C=N–C) groups is 1. The zero-order valence-electron chi connectivity index (χ0n) is 16.0. The predicted molar refractivity (Wildman–Crippen MR) is 106 cm³/mol. The lowest BCUT2D eigenvalue weighted by molar-refractivity contribution is -0.00805. The van der Waals surface area contributed by atoms with Crippen molar-refractivity contribution in [2.75, 3.05) is 33.4 Å². The maximum atomic E-state index is 6.09. The Bertz CT molecular complexity index is 792. The van der Waals surface area contributed by atoms with E-state index in [0.29, 0.717) is 24.8 Å². The number of hydrogen-bond donors (Lipinski definition) is 1. The van der Waals surface area contributed by atoms with Crippen LogP contribution in [0.5, 0.6) is 5.75 Å². The Balaban J connectivity index is 1.65. The van der Waals surface area contributed by atoms with Crippen LogP contribution in [0.4, 0.5) is 0 Å². The molecule has 1 fully saturated rings. The van der Waals surface area contributed by atoms with E-state index in [9.17, 15) is 0 Å². The molecule has 146 valence electrons. The molecular formula is C19H26ClN5O2. The summed E-state index contributed by atoms with van der Waals surface area (Å²) in [6, 6.07) is 5.69. The number of morpholine rings is 1. The van der Waals surface area contributed by atoms with Crippen molar-refractivity contribution in [3.05, 3.63) is 46.7 Å². The SMILES string of the molecule is CCOc1cc(Cl)ccc1CNC(=NC)N1CCOC(c2cnn(C)c2)C1. The fourth-order valence-corrected chi connectivity index (χ4v) is 3.28. The second kappa shape index (κ2) is 9.10. The molecule has 0 saturated carbocycles. The molecule has 0 amide bonds. The summed E-state index contributed by atoms with van der Waals surface area (Å²) in [7, 11) is 3.70. The Kier molecular flexibility index (Phi) is 6.58. The summed E-state index contributed by atoms with van der Waals surface area (Å²) in [5, 5.41) is 8.33. The van der Waals surface area contributed by atoms with Crippen LogP contribution in [0.25, 0.3) is 0 Å². The Hall–Kier alpha value is -2.25. The van der Waals surface area contributed by atoms with Crippen molar-refractivity contribution >= 4 is 17.6 Å². The molecular weight excluding hydrogens is 366 g/mol. The smallest absolute Gasteiger partial charge is 0.194 e. The van der Waals surface area contributed by atoms with Gasteiger partial charge < -0.3 is 19.7 Å². The van der Waals surface area contributed by atoms with Crippen molar-refractivity contribution in [2.24, 2.45) is 12.0 Å².